The Balaban J connectivity index is 1.89. The van der Waals surface area contributed by atoms with E-state index < -0.39 is 12.1 Å². The SMILES string of the molecule is COC(=O)N[C@@H](C)C(=O)N1CCN(Cc2ccc(OC)cc2)C(=O)C1. The minimum absolute atomic E-state index is 0.00216. The third-order valence-electron chi connectivity index (χ3n) is 4.05. The number of alkyl carbamates (subject to hydrolysis) is 1. The molecule has 1 fully saturated rings. The van der Waals surface area contributed by atoms with Gasteiger partial charge >= 0.3 is 6.09 Å². The number of hydrogen-bond acceptors (Lipinski definition) is 5. The van der Waals surface area contributed by atoms with Crippen molar-refractivity contribution < 1.29 is 23.9 Å². The maximum atomic E-state index is 12.3. The maximum absolute atomic E-state index is 12.3. The van der Waals surface area contributed by atoms with Gasteiger partial charge in [0.2, 0.25) is 11.8 Å². The van der Waals surface area contributed by atoms with Gasteiger partial charge in [0, 0.05) is 19.6 Å². The van der Waals surface area contributed by atoms with Gasteiger partial charge in [0.15, 0.2) is 0 Å². The molecule has 1 saturated heterocycles. The lowest BCUT2D eigenvalue weighted by Crippen LogP contribution is -2.56. The molecule has 3 amide bonds. The van der Waals surface area contributed by atoms with E-state index in [1.807, 2.05) is 24.3 Å². The molecule has 136 valence electrons. The summed E-state index contributed by atoms with van der Waals surface area (Å²) in [6.45, 7) is 2.92. The molecule has 0 aliphatic carbocycles. The van der Waals surface area contributed by atoms with Gasteiger partial charge in [0.1, 0.15) is 11.8 Å². The second kappa shape index (κ2) is 8.36. The number of methoxy groups -OCH3 is 2. The summed E-state index contributed by atoms with van der Waals surface area (Å²) >= 11 is 0. The number of carbonyl (C=O) groups excluding carboxylic acids is 3. The number of amides is 3. The van der Waals surface area contributed by atoms with Gasteiger partial charge in [-0.2, -0.15) is 0 Å². The fourth-order valence-corrected chi connectivity index (χ4v) is 2.59. The molecule has 1 aromatic carbocycles. The molecule has 25 heavy (non-hydrogen) atoms. The number of nitrogens with one attached hydrogen (secondary N) is 1. The number of hydrogen-bond donors (Lipinski definition) is 1. The molecule has 1 atom stereocenters. The first-order chi connectivity index (χ1) is 11.9. The Labute approximate surface area is 146 Å². The highest BCUT2D eigenvalue weighted by Crippen LogP contribution is 2.15. The normalized spacial score (nSPS) is 15.6. The summed E-state index contributed by atoms with van der Waals surface area (Å²) in [5.41, 5.74) is 0.995. The predicted octanol–water partition coefficient (Wildman–Crippen LogP) is 0.611. The van der Waals surface area contributed by atoms with Crippen molar-refractivity contribution in [3.8, 4) is 5.75 Å². The molecule has 0 bridgehead atoms. The van der Waals surface area contributed by atoms with E-state index >= 15 is 0 Å². The van der Waals surface area contributed by atoms with Crippen molar-refractivity contribution in [2.75, 3.05) is 33.9 Å². The van der Waals surface area contributed by atoms with E-state index in [0.717, 1.165) is 11.3 Å². The highest BCUT2D eigenvalue weighted by Gasteiger charge is 2.30. The molecule has 0 aromatic heterocycles. The molecule has 0 unspecified atom stereocenters. The van der Waals surface area contributed by atoms with Crippen LogP contribution in [0.15, 0.2) is 24.3 Å². The average molecular weight is 349 g/mol. The Morgan fingerprint density at radius 3 is 2.44 bits per heavy atom. The van der Waals surface area contributed by atoms with E-state index in [1.54, 1.807) is 18.9 Å². The Bertz CT molecular complexity index is 632. The van der Waals surface area contributed by atoms with Gasteiger partial charge < -0.3 is 24.6 Å². The molecule has 0 spiro atoms. The van der Waals surface area contributed by atoms with Crippen molar-refractivity contribution in [3.63, 3.8) is 0 Å². The summed E-state index contributed by atoms with van der Waals surface area (Å²) in [5.74, 6) is 0.334. The summed E-state index contributed by atoms with van der Waals surface area (Å²) < 4.78 is 9.59. The summed E-state index contributed by atoms with van der Waals surface area (Å²) in [7, 11) is 2.83. The number of rotatable bonds is 5. The largest absolute Gasteiger partial charge is 0.497 e. The van der Waals surface area contributed by atoms with Crippen LogP contribution in [0.4, 0.5) is 4.79 Å². The number of nitrogens with zero attached hydrogens (tertiary/aromatic N) is 2. The zero-order chi connectivity index (χ0) is 18.4. The third kappa shape index (κ3) is 4.85. The predicted molar refractivity (Wildman–Crippen MR) is 90.0 cm³/mol. The highest BCUT2D eigenvalue weighted by molar-refractivity contribution is 5.90. The van der Waals surface area contributed by atoms with Crippen LogP contribution in [0.25, 0.3) is 0 Å². The zero-order valence-electron chi connectivity index (χ0n) is 14.7. The van der Waals surface area contributed by atoms with Gasteiger partial charge in [-0.15, -0.1) is 0 Å². The topological polar surface area (TPSA) is 88.2 Å². The van der Waals surface area contributed by atoms with Crippen molar-refractivity contribution >= 4 is 17.9 Å². The molecule has 0 saturated carbocycles. The molecule has 1 N–H and O–H groups in total. The molecular formula is C17H23N3O5. The van der Waals surface area contributed by atoms with Gasteiger partial charge in [0.25, 0.3) is 0 Å². The summed E-state index contributed by atoms with van der Waals surface area (Å²) in [6, 6.07) is 6.77. The van der Waals surface area contributed by atoms with Crippen molar-refractivity contribution in [1.82, 2.24) is 15.1 Å². The second-order valence-electron chi connectivity index (χ2n) is 5.78. The molecule has 2 rings (SSSR count). The van der Waals surface area contributed by atoms with Crippen molar-refractivity contribution in [2.45, 2.75) is 19.5 Å². The quantitative estimate of drug-likeness (QED) is 0.841. The monoisotopic (exact) mass is 349 g/mol. The molecular weight excluding hydrogens is 326 g/mol. The maximum Gasteiger partial charge on any atom is 0.407 e. The number of benzene rings is 1. The van der Waals surface area contributed by atoms with Gasteiger partial charge in [-0.3, -0.25) is 9.59 Å². The minimum atomic E-state index is -0.742. The summed E-state index contributed by atoms with van der Waals surface area (Å²) in [6.07, 6.45) is -0.676. The van der Waals surface area contributed by atoms with Gasteiger partial charge in [-0.25, -0.2) is 4.79 Å². The molecule has 8 nitrogen and oxygen atoms in total. The molecule has 1 aromatic rings. The van der Waals surface area contributed by atoms with Crippen LogP contribution in [0.2, 0.25) is 0 Å². The minimum Gasteiger partial charge on any atom is -0.497 e. The Hall–Kier alpha value is -2.77. The first-order valence-electron chi connectivity index (χ1n) is 7.98. The Morgan fingerprint density at radius 1 is 1.20 bits per heavy atom. The van der Waals surface area contributed by atoms with Crippen molar-refractivity contribution in [2.24, 2.45) is 0 Å². The molecule has 0 radical (unpaired) electrons. The molecule has 1 heterocycles. The molecule has 1 aliphatic rings. The van der Waals surface area contributed by atoms with Crippen LogP contribution in [0.5, 0.6) is 5.75 Å². The van der Waals surface area contributed by atoms with Crippen LogP contribution >= 0.6 is 0 Å². The van der Waals surface area contributed by atoms with Crippen LogP contribution in [0.3, 0.4) is 0 Å². The second-order valence-corrected chi connectivity index (χ2v) is 5.78. The van der Waals surface area contributed by atoms with Crippen molar-refractivity contribution in [1.29, 1.82) is 0 Å². The lowest BCUT2D eigenvalue weighted by molar-refractivity contribution is -0.146. The van der Waals surface area contributed by atoms with Crippen LogP contribution < -0.4 is 10.1 Å². The fourth-order valence-electron chi connectivity index (χ4n) is 2.59. The van der Waals surface area contributed by atoms with Gasteiger partial charge in [-0.05, 0) is 24.6 Å². The van der Waals surface area contributed by atoms with Crippen LogP contribution in [-0.2, 0) is 20.9 Å². The number of ether oxygens (including phenoxy) is 2. The zero-order valence-corrected chi connectivity index (χ0v) is 14.7. The van der Waals surface area contributed by atoms with Gasteiger partial charge in [-0.1, -0.05) is 12.1 Å². The van der Waals surface area contributed by atoms with Gasteiger partial charge in [0.05, 0.1) is 20.8 Å². The lowest BCUT2D eigenvalue weighted by Gasteiger charge is -2.35. The van der Waals surface area contributed by atoms with E-state index in [1.165, 1.54) is 12.0 Å². The Morgan fingerprint density at radius 2 is 1.88 bits per heavy atom. The van der Waals surface area contributed by atoms with E-state index in [2.05, 4.69) is 10.1 Å². The van der Waals surface area contributed by atoms with E-state index in [-0.39, 0.29) is 18.4 Å². The highest BCUT2D eigenvalue weighted by atomic mass is 16.5. The Kier molecular flexibility index (Phi) is 6.21. The first-order valence-corrected chi connectivity index (χ1v) is 7.98. The average Bonchev–Trinajstić information content (AvgIpc) is 2.63. The number of piperazine rings is 1. The summed E-state index contributed by atoms with van der Waals surface area (Å²) in [4.78, 5) is 39.0. The fraction of sp³-hybridized carbons (Fsp3) is 0.471. The standard InChI is InChI=1S/C17H23N3O5/c1-12(18-17(23)25-3)16(22)20-9-8-19(15(21)11-20)10-13-4-6-14(24-2)7-5-13/h4-7,12H,8-11H2,1-3H3,(H,18,23)/t12-/m0/s1. The van der Waals surface area contributed by atoms with Crippen LogP contribution in [-0.4, -0.2) is 67.6 Å². The van der Waals surface area contributed by atoms with E-state index in [0.29, 0.717) is 19.6 Å². The number of carbonyl (C=O) groups is 3. The van der Waals surface area contributed by atoms with Crippen molar-refractivity contribution in [3.05, 3.63) is 29.8 Å². The summed E-state index contributed by atoms with van der Waals surface area (Å²) in [5, 5.41) is 2.41. The molecule has 8 heteroatoms. The third-order valence-corrected chi connectivity index (χ3v) is 4.05. The smallest absolute Gasteiger partial charge is 0.407 e. The van der Waals surface area contributed by atoms with E-state index in [9.17, 15) is 14.4 Å². The lowest BCUT2D eigenvalue weighted by atomic mass is 10.1. The molecule has 1 aliphatic heterocycles. The first kappa shape index (κ1) is 18.6. The van der Waals surface area contributed by atoms with Crippen LogP contribution in [0, 0.1) is 0 Å². The van der Waals surface area contributed by atoms with E-state index in [4.69, 9.17) is 4.74 Å². The van der Waals surface area contributed by atoms with Crippen LogP contribution in [0.1, 0.15) is 12.5 Å².